The number of hydrogen-bond donors (Lipinski definition) is 3. The molecule has 1 heterocycles. The summed E-state index contributed by atoms with van der Waals surface area (Å²) in [6.07, 6.45) is 3.57. The average Bonchev–Trinajstić information content (AvgIpc) is 2.66. The van der Waals surface area contributed by atoms with Gasteiger partial charge in [-0.25, -0.2) is 4.79 Å². The molecule has 2 rings (SSSR count). The van der Waals surface area contributed by atoms with Crippen LogP contribution in [0, 0.1) is 0 Å². The highest BCUT2D eigenvalue weighted by Gasteiger charge is 2.26. The first-order valence-corrected chi connectivity index (χ1v) is 6.31. The van der Waals surface area contributed by atoms with Gasteiger partial charge in [-0.05, 0) is 31.2 Å². The molecule has 1 aliphatic rings. The van der Waals surface area contributed by atoms with Gasteiger partial charge in [-0.3, -0.25) is 9.59 Å². The third kappa shape index (κ3) is 2.21. The van der Waals surface area contributed by atoms with Crippen LogP contribution in [0.15, 0.2) is 0 Å². The molecule has 0 spiro atoms. The van der Waals surface area contributed by atoms with Crippen LogP contribution in [-0.4, -0.2) is 22.9 Å². The van der Waals surface area contributed by atoms with Gasteiger partial charge in [0, 0.05) is 4.88 Å². The monoisotopic (exact) mass is 268 g/mol. The van der Waals surface area contributed by atoms with Gasteiger partial charge in [0.15, 0.2) is 0 Å². The maximum absolute atomic E-state index is 11.4. The van der Waals surface area contributed by atoms with E-state index < -0.39 is 17.8 Å². The summed E-state index contributed by atoms with van der Waals surface area (Å²) in [5.74, 6) is -3.37. The number of carbonyl (C=O) groups is 3. The number of rotatable bonds is 2. The fraction of sp³-hybridized carbons (Fsp3) is 0.364. The van der Waals surface area contributed by atoms with Crippen LogP contribution in [0.4, 0.5) is 5.00 Å². The topological polar surface area (TPSA) is 109 Å². The van der Waals surface area contributed by atoms with Crippen molar-refractivity contribution in [3.05, 3.63) is 16.0 Å². The lowest BCUT2D eigenvalue weighted by molar-refractivity contribution is -0.147. The highest BCUT2D eigenvalue weighted by atomic mass is 32.1. The third-order valence-corrected chi connectivity index (χ3v) is 4.05. The van der Waals surface area contributed by atoms with E-state index in [1.165, 1.54) is 11.3 Å². The molecule has 0 atom stereocenters. The van der Waals surface area contributed by atoms with Crippen molar-refractivity contribution >= 4 is 34.1 Å². The first-order valence-electron chi connectivity index (χ1n) is 5.49. The molecule has 0 radical (unpaired) electrons. The Morgan fingerprint density at radius 3 is 2.50 bits per heavy atom. The van der Waals surface area contributed by atoms with E-state index >= 15 is 0 Å². The number of carboxylic acid groups (broad SMARTS) is 1. The highest BCUT2D eigenvalue weighted by molar-refractivity contribution is 7.17. The van der Waals surface area contributed by atoms with E-state index in [-0.39, 0.29) is 10.6 Å². The van der Waals surface area contributed by atoms with Gasteiger partial charge < -0.3 is 16.2 Å². The minimum absolute atomic E-state index is 0.252. The number of primary amides is 1. The molecule has 96 valence electrons. The summed E-state index contributed by atoms with van der Waals surface area (Å²) in [5, 5.41) is 11.0. The van der Waals surface area contributed by atoms with E-state index in [1.807, 2.05) is 0 Å². The molecule has 7 heteroatoms. The second kappa shape index (κ2) is 4.77. The summed E-state index contributed by atoms with van der Waals surface area (Å²) in [7, 11) is 0. The minimum Gasteiger partial charge on any atom is -0.474 e. The number of aryl methyl sites for hydroxylation is 1. The van der Waals surface area contributed by atoms with Crippen LogP contribution >= 0.6 is 11.3 Å². The van der Waals surface area contributed by atoms with Gasteiger partial charge in [-0.15, -0.1) is 11.3 Å². The summed E-state index contributed by atoms with van der Waals surface area (Å²) in [4.78, 5) is 34.1. The Kier molecular flexibility index (Phi) is 3.33. The van der Waals surface area contributed by atoms with Gasteiger partial charge in [0.2, 0.25) is 0 Å². The number of nitrogens with two attached hydrogens (primary N) is 1. The normalized spacial score (nSPS) is 13.8. The summed E-state index contributed by atoms with van der Waals surface area (Å²) in [6.45, 7) is 0. The van der Waals surface area contributed by atoms with Crippen LogP contribution in [0.3, 0.4) is 0 Å². The molecule has 1 aliphatic carbocycles. The number of hydrogen-bond acceptors (Lipinski definition) is 4. The van der Waals surface area contributed by atoms with E-state index in [0.29, 0.717) is 0 Å². The molecule has 0 fully saturated rings. The molecule has 0 unspecified atom stereocenters. The number of carboxylic acids is 1. The van der Waals surface area contributed by atoms with Gasteiger partial charge >= 0.3 is 11.9 Å². The second-order valence-corrected chi connectivity index (χ2v) is 5.14. The predicted molar refractivity (Wildman–Crippen MR) is 65.7 cm³/mol. The zero-order valence-electron chi connectivity index (χ0n) is 9.49. The van der Waals surface area contributed by atoms with E-state index in [4.69, 9.17) is 10.8 Å². The summed E-state index contributed by atoms with van der Waals surface area (Å²) < 4.78 is 0. The molecule has 6 nitrogen and oxygen atoms in total. The zero-order chi connectivity index (χ0) is 13.3. The van der Waals surface area contributed by atoms with Crippen molar-refractivity contribution in [1.82, 2.24) is 0 Å². The van der Waals surface area contributed by atoms with Gasteiger partial charge in [0.05, 0.1) is 5.56 Å². The molecule has 0 saturated carbocycles. The van der Waals surface area contributed by atoms with Crippen molar-refractivity contribution in [3.8, 4) is 0 Å². The smallest absolute Gasteiger partial charge is 0.394 e. The van der Waals surface area contributed by atoms with Crippen LogP contribution < -0.4 is 11.1 Å². The molecule has 2 amide bonds. The first kappa shape index (κ1) is 12.6. The molecule has 0 bridgehead atoms. The Balaban J connectivity index is 2.40. The van der Waals surface area contributed by atoms with E-state index in [0.717, 1.165) is 36.1 Å². The van der Waals surface area contributed by atoms with Crippen LogP contribution in [0.25, 0.3) is 0 Å². The number of nitrogens with one attached hydrogen (secondary N) is 1. The lowest BCUT2D eigenvalue weighted by Crippen LogP contribution is -2.23. The molecular weight excluding hydrogens is 256 g/mol. The van der Waals surface area contributed by atoms with Gasteiger partial charge in [0.25, 0.3) is 5.91 Å². The molecule has 1 aromatic rings. The van der Waals surface area contributed by atoms with Crippen molar-refractivity contribution in [3.63, 3.8) is 0 Å². The molecule has 1 aromatic heterocycles. The maximum Gasteiger partial charge on any atom is 0.394 e. The van der Waals surface area contributed by atoms with Crippen molar-refractivity contribution in [2.45, 2.75) is 25.7 Å². The fourth-order valence-corrected chi connectivity index (χ4v) is 3.36. The number of carbonyl (C=O) groups excluding carboxylic acids is 2. The van der Waals surface area contributed by atoms with Gasteiger partial charge in [-0.2, -0.15) is 0 Å². The maximum atomic E-state index is 11.4. The van der Waals surface area contributed by atoms with Crippen LogP contribution in [0.5, 0.6) is 0 Å². The zero-order valence-corrected chi connectivity index (χ0v) is 10.3. The Morgan fingerprint density at radius 2 is 1.89 bits per heavy atom. The van der Waals surface area contributed by atoms with E-state index in [1.54, 1.807) is 0 Å². The van der Waals surface area contributed by atoms with Crippen molar-refractivity contribution < 1.29 is 19.5 Å². The molecule has 18 heavy (non-hydrogen) atoms. The Bertz CT molecular complexity index is 535. The van der Waals surface area contributed by atoms with Gasteiger partial charge in [0.1, 0.15) is 5.00 Å². The Morgan fingerprint density at radius 1 is 1.22 bits per heavy atom. The summed E-state index contributed by atoms with van der Waals surface area (Å²) >= 11 is 1.24. The van der Waals surface area contributed by atoms with E-state index in [2.05, 4.69) is 5.32 Å². The molecule has 0 aromatic carbocycles. The molecule has 0 aliphatic heterocycles. The van der Waals surface area contributed by atoms with Crippen molar-refractivity contribution in [1.29, 1.82) is 0 Å². The lowest BCUT2D eigenvalue weighted by Gasteiger charge is -2.11. The highest BCUT2D eigenvalue weighted by Crippen LogP contribution is 2.37. The lowest BCUT2D eigenvalue weighted by atomic mass is 9.95. The third-order valence-electron chi connectivity index (χ3n) is 2.84. The predicted octanol–water partition coefficient (Wildman–Crippen LogP) is 0.749. The Labute approximate surface area is 107 Å². The SMILES string of the molecule is NC(=O)c1c(NC(=O)C(=O)O)sc2c1CCCC2. The summed E-state index contributed by atoms with van der Waals surface area (Å²) in [5.41, 5.74) is 6.43. The number of amides is 2. The van der Waals surface area contributed by atoms with Crippen LogP contribution in [0.1, 0.15) is 33.6 Å². The van der Waals surface area contributed by atoms with Gasteiger partial charge in [-0.1, -0.05) is 0 Å². The summed E-state index contributed by atoms with van der Waals surface area (Å²) in [6, 6.07) is 0. The van der Waals surface area contributed by atoms with Crippen molar-refractivity contribution in [2.75, 3.05) is 5.32 Å². The second-order valence-electron chi connectivity index (χ2n) is 4.04. The minimum atomic E-state index is -1.59. The molecule has 4 N–H and O–H groups in total. The first-order chi connectivity index (χ1) is 8.50. The van der Waals surface area contributed by atoms with E-state index in [9.17, 15) is 14.4 Å². The van der Waals surface area contributed by atoms with Crippen LogP contribution in [-0.2, 0) is 22.4 Å². The number of anilines is 1. The standard InChI is InChI=1S/C11H12N2O4S/c12-8(14)7-5-3-1-2-4-6(5)18-10(7)13-9(15)11(16)17/h1-4H2,(H2,12,14)(H,13,15)(H,16,17). The number of fused-ring (bicyclic) bond motifs is 1. The Hall–Kier alpha value is -1.89. The molecule has 0 saturated heterocycles. The largest absolute Gasteiger partial charge is 0.474 e. The van der Waals surface area contributed by atoms with Crippen molar-refractivity contribution in [2.24, 2.45) is 5.73 Å². The average molecular weight is 268 g/mol. The number of thiophene rings is 1. The molecular formula is C11H12N2O4S. The quantitative estimate of drug-likeness (QED) is 0.687. The van der Waals surface area contributed by atoms with Crippen LogP contribution in [0.2, 0.25) is 0 Å². The fourth-order valence-electron chi connectivity index (χ4n) is 2.07. The number of aliphatic carboxylic acids is 1.